The zero-order valence-electron chi connectivity index (χ0n) is 24.2. The van der Waals surface area contributed by atoms with Crippen LogP contribution in [0.25, 0.3) is 6.08 Å². The Balaban J connectivity index is 1.38. The monoisotopic (exact) mass is 561 g/mol. The maximum Gasteiger partial charge on any atom is 0.296 e. The number of benzene rings is 2. The summed E-state index contributed by atoms with van der Waals surface area (Å²) in [5.41, 5.74) is 9.86. The standard InChI is InChI=1S/C31H39N5O5/c1-31(2,3)21-19-25(29(39-4)26(20-21)36-12-11-32-34-36)33-30(38)28(37)24-9-10-27(23-8-6-5-7-22(23)24)41-18-15-35-13-16-40-17-14-35/h5,7,9-12,19-20,32,34H,6,8,13-18H2,1-4H3,(H,33,38). The minimum absolute atomic E-state index is 0.219. The highest BCUT2D eigenvalue weighted by atomic mass is 16.5. The predicted octanol–water partition coefficient (Wildman–Crippen LogP) is 3.78. The fourth-order valence-electron chi connectivity index (χ4n) is 5.20. The van der Waals surface area contributed by atoms with Crippen molar-refractivity contribution in [3.8, 4) is 11.5 Å². The Hall–Kier alpha value is -3.86. The van der Waals surface area contributed by atoms with E-state index in [0.29, 0.717) is 29.3 Å². The third-order valence-corrected chi connectivity index (χ3v) is 7.52. The summed E-state index contributed by atoms with van der Waals surface area (Å²) in [5.74, 6) is -0.145. The van der Waals surface area contributed by atoms with E-state index < -0.39 is 11.7 Å². The van der Waals surface area contributed by atoms with Crippen LogP contribution in [-0.2, 0) is 21.4 Å². The molecule has 2 aromatic rings. The van der Waals surface area contributed by atoms with E-state index in [1.54, 1.807) is 24.4 Å². The molecule has 0 saturated carbocycles. The fourth-order valence-corrected chi connectivity index (χ4v) is 5.20. The molecule has 2 heterocycles. The van der Waals surface area contributed by atoms with Gasteiger partial charge in [0.05, 0.1) is 26.0 Å². The molecular formula is C31H39N5O5. The van der Waals surface area contributed by atoms with E-state index in [2.05, 4.69) is 41.9 Å². The number of hydrazine groups is 2. The molecule has 5 rings (SSSR count). The van der Waals surface area contributed by atoms with Gasteiger partial charge in [0, 0.05) is 43.2 Å². The number of anilines is 2. The Labute approximate surface area is 241 Å². The van der Waals surface area contributed by atoms with Gasteiger partial charge < -0.3 is 25.0 Å². The Morgan fingerprint density at radius 2 is 1.95 bits per heavy atom. The number of hydrogen-bond acceptors (Lipinski definition) is 9. The van der Waals surface area contributed by atoms with Crippen LogP contribution in [0.2, 0.25) is 0 Å². The lowest BCUT2D eigenvalue weighted by atomic mass is 9.86. The van der Waals surface area contributed by atoms with Gasteiger partial charge in [-0.3, -0.25) is 19.5 Å². The van der Waals surface area contributed by atoms with Gasteiger partial charge in [-0.25, -0.2) is 0 Å². The van der Waals surface area contributed by atoms with Crippen molar-refractivity contribution in [3.05, 3.63) is 65.0 Å². The van der Waals surface area contributed by atoms with Crippen LogP contribution in [-0.4, -0.2) is 63.2 Å². The minimum atomic E-state index is -0.731. The molecule has 0 atom stereocenters. The summed E-state index contributed by atoms with van der Waals surface area (Å²) in [4.78, 5) is 29.4. The number of hydrogen-bond donors (Lipinski definition) is 3. The highest BCUT2D eigenvalue weighted by Crippen LogP contribution is 2.41. The number of amides is 1. The van der Waals surface area contributed by atoms with Crippen molar-refractivity contribution in [1.29, 1.82) is 0 Å². The number of methoxy groups -OCH3 is 1. The van der Waals surface area contributed by atoms with Crippen molar-refractivity contribution in [2.24, 2.45) is 0 Å². The van der Waals surface area contributed by atoms with Gasteiger partial charge in [0.25, 0.3) is 11.7 Å². The van der Waals surface area contributed by atoms with Crippen LogP contribution >= 0.6 is 0 Å². The number of carbonyl (C=O) groups is 2. The third kappa shape index (κ3) is 6.40. The SMILES string of the molecule is COc1c(NC(=O)C(=O)c2ccc(OCCN3CCOCC3)c3c2C=CCC3)cc(C(C)(C)C)cc1N1C=CNN1. The Morgan fingerprint density at radius 3 is 2.66 bits per heavy atom. The Bertz CT molecular complexity index is 1360. The van der Waals surface area contributed by atoms with Crippen molar-refractivity contribution < 1.29 is 23.8 Å². The first-order valence-corrected chi connectivity index (χ1v) is 14.1. The minimum Gasteiger partial charge on any atom is -0.492 e. The van der Waals surface area contributed by atoms with Crippen LogP contribution < -0.4 is 30.8 Å². The number of nitrogens with zero attached hydrogens (tertiary/aromatic N) is 2. The number of ketones is 1. The maximum absolute atomic E-state index is 13.6. The van der Waals surface area contributed by atoms with E-state index in [-0.39, 0.29) is 5.41 Å². The third-order valence-electron chi connectivity index (χ3n) is 7.52. The molecular weight excluding hydrogens is 522 g/mol. The topological polar surface area (TPSA) is 104 Å². The summed E-state index contributed by atoms with van der Waals surface area (Å²) in [6.07, 6.45) is 9.11. The lowest BCUT2D eigenvalue weighted by Gasteiger charge is -2.27. The second-order valence-corrected chi connectivity index (χ2v) is 11.3. The lowest BCUT2D eigenvalue weighted by Crippen LogP contribution is -2.38. The van der Waals surface area contributed by atoms with E-state index in [1.165, 1.54) is 0 Å². The molecule has 0 aromatic heterocycles. The number of carbonyl (C=O) groups excluding carboxylic acids is 2. The van der Waals surface area contributed by atoms with Crippen molar-refractivity contribution in [2.45, 2.75) is 39.0 Å². The normalized spacial score (nSPS) is 16.7. The fraction of sp³-hybridized carbons (Fsp3) is 0.419. The van der Waals surface area contributed by atoms with Gasteiger partial charge in [0.1, 0.15) is 18.0 Å². The first kappa shape index (κ1) is 28.7. The molecule has 0 unspecified atom stereocenters. The van der Waals surface area contributed by atoms with Gasteiger partial charge in [-0.05, 0) is 53.6 Å². The molecule has 0 radical (unpaired) electrons. The average Bonchev–Trinajstić information content (AvgIpc) is 3.51. The summed E-state index contributed by atoms with van der Waals surface area (Å²) >= 11 is 0. The van der Waals surface area contributed by atoms with Crippen LogP contribution in [0.4, 0.5) is 11.4 Å². The number of allylic oxidation sites excluding steroid dienone is 1. The average molecular weight is 562 g/mol. The molecule has 10 heteroatoms. The zero-order chi connectivity index (χ0) is 29.0. The van der Waals surface area contributed by atoms with Crippen LogP contribution in [0, 0.1) is 0 Å². The van der Waals surface area contributed by atoms with Crippen molar-refractivity contribution in [2.75, 3.05) is 56.9 Å². The number of nitrogens with one attached hydrogen (secondary N) is 3. The van der Waals surface area contributed by atoms with Gasteiger partial charge in [-0.2, -0.15) is 0 Å². The van der Waals surface area contributed by atoms with Gasteiger partial charge in [-0.15, -0.1) is 5.53 Å². The lowest BCUT2D eigenvalue weighted by molar-refractivity contribution is -0.112. The number of morpholine rings is 1. The second kappa shape index (κ2) is 12.3. The molecule has 3 aliphatic rings. The molecule has 41 heavy (non-hydrogen) atoms. The summed E-state index contributed by atoms with van der Waals surface area (Å²) in [6.45, 7) is 10.9. The van der Waals surface area contributed by atoms with E-state index in [4.69, 9.17) is 14.2 Å². The highest BCUT2D eigenvalue weighted by Gasteiger charge is 2.28. The first-order chi connectivity index (χ1) is 19.8. The molecule has 0 bridgehead atoms. The second-order valence-electron chi connectivity index (χ2n) is 11.3. The van der Waals surface area contributed by atoms with Gasteiger partial charge in [0.15, 0.2) is 5.75 Å². The zero-order valence-corrected chi connectivity index (χ0v) is 24.2. The van der Waals surface area contributed by atoms with Crippen LogP contribution in [0.3, 0.4) is 0 Å². The van der Waals surface area contributed by atoms with Crippen LogP contribution in [0.15, 0.2) is 42.7 Å². The van der Waals surface area contributed by atoms with Gasteiger partial charge in [-0.1, -0.05) is 32.9 Å². The molecule has 1 amide bonds. The molecule has 2 aliphatic heterocycles. The molecule has 1 aliphatic carbocycles. The van der Waals surface area contributed by atoms with Gasteiger partial charge >= 0.3 is 0 Å². The molecule has 218 valence electrons. The largest absolute Gasteiger partial charge is 0.492 e. The predicted molar refractivity (Wildman–Crippen MR) is 159 cm³/mol. The summed E-state index contributed by atoms with van der Waals surface area (Å²) in [5, 5.41) is 4.60. The summed E-state index contributed by atoms with van der Waals surface area (Å²) in [7, 11) is 1.54. The molecule has 0 spiro atoms. The Morgan fingerprint density at radius 1 is 1.15 bits per heavy atom. The molecule has 10 nitrogen and oxygen atoms in total. The van der Waals surface area contributed by atoms with Crippen LogP contribution in [0.5, 0.6) is 11.5 Å². The van der Waals surface area contributed by atoms with Gasteiger partial charge in [0.2, 0.25) is 0 Å². The van der Waals surface area contributed by atoms with Crippen molar-refractivity contribution in [3.63, 3.8) is 0 Å². The maximum atomic E-state index is 13.6. The first-order valence-electron chi connectivity index (χ1n) is 14.1. The molecule has 1 fully saturated rings. The summed E-state index contributed by atoms with van der Waals surface area (Å²) in [6, 6.07) is 7.37. The number of rotatable bonds is 9. The Kier molecular flexibility index (Phi) is 8.63. The molecule has 2 aromatic carbocycles. The highest BCUT2D eigenvalue weighted by molar-refractivity contribution is 6.47. The van der Waals surface area contributed by atoms with Crippen molar-refractivity contribution >= 4 is 29.1 Å². The summed E-state index contributed by atoms with van der Waals surface area (Å²) < 4.78 is 17.3. The van der Waals surface area contributed by atoms with Crippen LogP contribution in [0.1, 0.15) is 54.2 Å². The molecule has 3 N–H and O–H groups in total. The molecule has 1 saturated heterocycles. The van der Waals surface area contributed by atoms with E-state index >= 15 is 0 Å². The number of fused-ring (bicyclic) bond motifs is 1. The quantitative estimate of drug-likeness (QED) is 0.312. The smallest absolute Gasteiger partial charge is 0.296 e. The van der Waals surface area contributed by atoms with E-state index in [1.807, 2.05) is 36.6 Å². The van der Waals surface area contributed by atoms with E-state index in [0.717, 1.165) is 68.1 Å². The number of Topliss-reactive ketones (excluding diaryl/α,β-unsaturated/α-hetero) is 1. The number of ether oxygens (including phenoxy) is 3. The van der Waals surface area contributed by atoms with Crippen molar-refractivity contribution in [1.82, 2.24) is 15.9 Å². The van der Waals surface area contributed by atoms with E-state index in [9.17, 15) is 9.59 Å².